The highest BCUT2D eigenvalue weighted by Crippen LogP contribution is 2.34. The average Bonchev–Trinajstić information content (AvgIpc) is 3.11. The minimum Gasteiger partial charge on any atom is -0.459 e. The molecule has 0 saturated carbocycles. The first-order valence-corrected chi connectivity index (χ1v) is 9.47. The maximum absolute atomic E-state index is 12.4. The fourth-order valence-corrected chi connectivity index (χ4v) is 4.03. The molecule has 1 N–H and O–H groups in total. The number of aryl methyl sites for hydroxylation is 1. The second-order valence-electron chi connectivity index (χ2n) is 5.49. The number of rotatable bonds is 6. The molecule has 0 saturated heterocycles. The number of carbonyl (C=O) groups excluding carboxylic acids is 2. The van der Waals surface area contributed by atoms with Crippen LogP contribution in [-0.4, -0.2) is 18.0 Å². The van der Waals surface area contributed by atoms with E-state index in [9.17, 15) is 9.59 Å². The number of hydrogen-bond acceptors (Lipinski definition) is 5. The third-order valence-electron chi connectivity index (χ3n) is 3.29. The molecule has 0 aliphatic carbocycles. The highest BCUT2D eigenvalue weighted by atomic mass is 32.1. The van der Waals surface area contributed by atoms with Gasteiger partial charge in [-0.15, -0.1) is 22.7 Å². The van der Waals surface area contributed by atoms with E-state index < -0.39 is 0 Å². The Balaban J connectivity index is 2.22. The number of esters is 1. The Labute approximate surface area is 150 Å². The van der Waals surface area contributed by atoms with Gasteiger partial charge in [0.15, 0.2) is 0 Å². The van der Waals surface area contributed by atoms with Gasteiger partial charge in [-0.1, -0.05) is 13.0 Å². The molecular weight excluding hydrogens is 342 g/mol. The quantitative estimate of drug-likeness (QED) is 0.587. The summed E-state index contributed by atoms with van der Waals surface area (Å²) in [4.78, 5) is 26.6. The molecule has 0 fully saturated rings. The van der Waals surface area contributed by atoms with Crippen LogP contribution in [0.3, 0.4) is 0 Å². The van der Waals surface area contributed by atoms with Crippen LogP contribution >= 0.6 is 22.7 Å². The number of nitrogens with one attached hydrogen (secondary N) is 1. The average molecular weight is 364 g/mol. The summed E-state index contributed by atoms with van der Waals surface area (Å²) in [6.45, 7) is 7.56. The molecular formula is C18H21NO3S2. The minimum absolute atomic E-state index is 0.204. The van der Waals surface area contributed by atoms with E-state index in [1.165, 1.54) is 17.4 Å². The lowest BCUT2D eigenvalue weighted by Gasteiger charge is -2.10. The standard InChI is InChI=1S/C18H21NO3S2/c1-5-14-12(4)24-17(16(14)18(21)22-11(2)3)19-15(20)9-8-13-7-6-10-23-13/h6-11H,5H2,1-4H3,(H,19,20). The molecule has 6 heteroatoms. The smallest absolute Gasteiger partial charge is 0.341 e. The molecule has 2 heterocycles. The Morgan fingerprint density at radius 3 is 2.71 bits per heavy atom. The van der Waals surface area contributed by atoms with Gasteiger partial charge in [0.05, 0.1) is 11.7 Å². The van der Waals surface area contributed by atoms with Crippen molar-refractivity contribution >= 4 is 45.6 Å². The Morgan fingerprint density at radius 1 is 1.38 bits per heavy atom. The first kappa shape index (κ1) is 18.4. The summed E-state index contributed by atoms with van der Waals surface area (Å²) in [6.07, 6.45) is 3.74. The van der Waals surface area contributed by atoms with Crippen molar-refractivity contribution in [3.63, 3.8) is 0 Å². The fourth-order valence-electron chi connectivity index (χ4n) is 2.28. The zero-order chi connectivity index (χ0) is 17.7. The maximum atomic E-state index is 12.4. The van der Waals surface area contributed by atoms with Gasteiger partial charge in [0.25, 0.3) is 0 Å². The van der Waals surface area contributed by atoms with E-state index in [2.05, 4.69) is 5.32 Å². The molecule has 0 aliphatic rings. The first-order valence-electron chi connectivity index (χ1n) is 7.78. The summed E-state index contributed by atoms with van der Waals surface area (Å²) in [5, 5.41) is 5.32. The third-order valence-corrected chi connectivity index (χ3v) is 5.19. The summed E-state index contributed by atoms with van der Waals surface area (Å²) in [5.41, 5.74) is 1.41. The van der Waals surface area contributed by atoms with E-state index in [4.69, 9.17) is 4.74 Å². The Hall–Kier alpha value is -1.92. The van der Waals surface area contributed by atoms with Crippen LogP contribution in [0.2, 0.25) is 0 Å². The normalized spacial score (nSPS) is 11.2. The summed E-state index contributed by atoms with van der Waals surface area (Å²) in [7, 11) is 0. The molecule has 2 aromatic heterocycles. The second kappa shape index (κ2) is 8.26. The number of thiophene rings is 2. The second-order valence-corrected chi connectivity index (χ2v) is 7.69. The van der Waals surface area contributed by atoms with E-state index >= 15 is 0 Å². The molecule has 0 aliphatic heterocycles. The lowest BCUT2D eigenvalue weighted by atomic mass is 10.1. The fraction of sp³-hybridized carbons (Fsp3) is 0.333. The van der Waals surface area contributed by atoms with Crippen molar-refractivity contribution < 1.29 is 14.3 Å². The monoisotopic (exact) mass is 363 g/mol. The van der Waals surface area contributed by atoms with Gasteiger partial charge in [0, 0.05) is 15.8 Å². The molecule has 1 amide bonds. The van der Waals surface area contributed by atoms with Crippen molar-refractivity contribution in [1.82, 2.24) is 0 Å². The molecule has 0 aromatic carbocycles. The number of anilines is 1. The number of carbonyl (C=O) groups is 2. The van der Waals surface area contributed by atoms with Gasteiger partial charge >= 0.3 is 5.97 Å². The van der Waals surface area contributed by atoms with Crippen LogP contribution in [0.4, 0.5) is 5.00 Å². The van der Waals surface area contributed by atoms with E-state index in [-0.39, 0.29) is 18.0 Å². The number of amides is 1. The molecule has 4 nitrogen and oxygen atoms in total. The predicted molar refractivity (Wildman–Crippen MR) is 101 cm³/mol. The van der Waals surface area contributed by atoms with Crippen molar-refractivity contribution in [3.8, 4) is 0 Å². The Bertz CT molecular complexity index is 743. The van der Waals surface area contributed by atoms with Crippen LogP contribution in [0.15, 0.2) is 23.6 Å². The van der Waals surface area contributed by atoms with Gasteiger partial charge in [0.1, 0.15) is 5.00 Å². The van der Waals surface area contributed by atoms with Crippen LogP contribution in [0, 0.1) is 6.92 Å². The maximum Gasteiger partial charge on any atom is 0.341 e. The summed E-state index contributed by atoms with van der Waals surface area (Å²) in [6, 6.07) is 3.86. The topological polar surface area (TPSA) is 55.4 Å². The molecule has 0 spiro atoms. The minimum atomic E-state index is -0.385. The van der Waals surface area contributed by atoms with E-state index in [0.29, 0.717) is 17.0 Å². The van der Waals surface area contributed by atoms with Crippen molar-refractivity contribution in [1.29, 1.82) is 0 Å². The first-order chi connectivity index (χ1) is 11.4. The Kier molecular flexibility index (Phi) is 6.34. The van der Waals surface area contributed by atoms with Crippen molar-refractivity contribution in [2.24, 2.45) is 0 Å². The molecule has 24 heavy (non-hydrogen) atoms. The Morgan fingerprint density at radius 2 is 2.12 bits per heavy atom. The summed E-state index contributed by atoms with van der Waals surface area (Å²) >= 11 is 2.97. The van der Waals surface area contributed by atoms with Crippen molar-refractivity contribution in [3.05, 3.63) is 44.5 Å². The molecule has 0 atom stereocenters. The predicted octanol–water partition coefficient (Wildman–Crippen LogP) is 4.90. The molecule has 0 bridgehead atoms. The SMILES string of the molecule is CCc1c(C)sc(NC(=O)C=Cc2cccs2)c1C(=O)OC(C)C. The summed E-state index contributed by atoms with van der Waals surface area (Å²) in [5.74, 6) is -0.644. The van der Waals surface area contributed by atoms with Gasteiger partial charge < -0.3 is 10.1 Å². The van der Waals surface area contributed by atoms with Gasteiger partial charge in [0.2, 0.25) is 5.91 Å². The van der Waals surface area contributed by atoms with Crippen molar-refractivity contribution in [2.45, 2.75) is 40.2 Å². The van der Waals surface area contributed by atoms with Crippen LogP contribution in [0.5, 0.6) is 0 Å². The highest BCUT2D eigenvalue weighted by Gasteiger charge is 2.23. The lowest BCUT2D eigenvalue weighted by Crippen LogP contribution is -2.16. The number of ether oxygens (including phenoxy) is 1. The van der Waals surface area contributed by atoms with Crippen molar-refractivity contribution in [2.75, 3.05) is 5.32 Å². The molecule has 0 radical (unpaired) electrons. The zero-order valence-electron chi connectivity index (χ0n) is 14.2. The van der Waals surface area contributed by atoms with E-state index in [0.717, 1.165) is 15.3 Å². The lowest BCUT2D eigenvalue weighted by molar-refractivity contribution is -0.111. The largest absolute Gasteiger partial charge is 0.459 e. The summed E-state index contributed by atoms with van der Waals surface area (Å²) < 4.78 is 5.33. The molecule has 2 rings (SSSR count). The highest BCUT2D eigenvalue weighted by molar-refractivity contribution is 7.16. The number of hydrogen-bond donors (Lipinski definition) is 1. The van der Waals surface area contributed by atoms with Crippen LogP contribution < -0.4 is 5.32 Å². The van der Waals surface area contributed by atoms with E-state index in [1.54, 1.807) is 17.4 Å². The third kappa shape index (κ3) is 4.55. The molecule has 2 aromatic rings. The molecule has 0 unspecified atom stereocenters. The van der Waals surface area contributed by atoms with Crippen LogP contribution in [-0.2, 0) is 16.0 Å². The van der Waals surface area contributed by atoms with Crippen LogP contribution in [0.25, 0.3) is 6.08 Å². The van der Waals surface area contributed by atoms with Gasteiger partial charge in [-0.3, -0.25) is 4.79 Å². The molecule has 128 valence electrons. The van der Waals surface area contributed by atoms with Crippen LogP contribution in [0.1, 0.15) is 46.4 Å². The van der Waals surface area contributed by atoms with E-state index in [1.807, 2.05) is 45.2 Å². The van der Waals surface area contributed by atoms with Gasteiger partial charge in [-0.2, -0.15) is 0 Å². The van der Waals surface area contributed by atoms with Gasteiger partial charge in [-0.05, 0) is 50.3 Å². The zero-order valence-corrected chi connectivity index (χ0v) is 15.8. The van der Waals surface area contributed by atoms with Gasteiger partial charge in [-0.25, -0.2) is 4.79 Å².